The minimum absolute atomic E-state index is 0.244. The average Bonchev–Trinajstić information content (AvgIpc) is 3.35. The maximum atomic E-state index is 13.5. The second kappa shape index (κ2) is 10.5. The molecular weight excluding hydrogens is 500 g/mol. The van der Waals surface area contributed by atoms with Crippen molar-refractivity contribution < 1.29 is 5.11 Å². The summed E-state index contributed by atoms with van der Waals surface area (Å²) in [6.07, 6.45) is 3.95. The lowest BCUT2D eigenvalue weighted by Crippen LogP contribution is -2.43. The van der Waals surface area contributed by atoms with Crippen molar-refractivity contribution in [1.29, 1.82) is 0 Å². The first-order valence-corrected chi connectivity index (χ1v) is 13.3. The van der Waals surface area contributed by atoms with Gasteiger partial charge in [0.05, 0.1) is 4.34 Å². The van der Waals surface area contributed by atoms with Crippen LogP contribution >= 0.6 is 22.9 Å². The van der Waals surface area contributed by atoms with E-state index < -0.39 is 11.5 Å². The number of nitrogens with zero attached hydrogens (tertiary/aromatic N) is 1. The van der Waals surface area contributed by atoms with Crippen molar-refractivity contribution in [2.24, 2.45) is 0 Å². The molecule has 37 heavy (non-hydrogen) atoms. The van der Waals surface area contributed by atoms with Crippen LogP contribution in [0.2, 0.25) is 4.34 Å². The van der Waals surface area contributed by atoms with Gasteiger partial charge in [-0.25, -0.2) is 0 Å². The van der Waals surface area contributed by atoms with E-state index in [4.69, 9.17) is 11.6 Å². The Morgan fingerprint density at radius 1 is 1.08 bits per heavy atom. The molecule has 0 saturated heterocycles. The van der Waals surface area contributed by atoms with Crippen LogP contribution in [0.15, 0.2) is 94.6 Å². The van der Waals surface area contributed by atoms with Gasteiger partial charge in [-0.2, -0.15) is 0 Å². The van der Waals surface area contributed by atoms with Crippen LogP contribution in [0.25, 0.3) is 22.8 Å². The molecular formula is C31H27ClN2O2S. The molecule has 0 bridgehead atoms. The Morgan fingerprint density at radius 3 is 2.57 bits per heavy atom. The van der Waals surface area contributed by atoms with Crippen LogP contribution < -0.4 is 5.56 Å². The van der Waals surface area contributed by atoms with Gasteiger partial charge in [0.2, 0.25) is 0 Å². The number of aromatic nitrogens is 1. The highest BCUT2D eigenvalue weighted by atomic mass is 35.5. The van der Waals surface area contributed by atoms with E-state index in [0.717, 1.165) is 27.8 Å². The first-order valence-electron chi connectivity index (χ1n) is 12.1. The number of nitrogens with one attached hydrogen (secondary N) is 1. The molecule has 2 N–H and O–H groups in total. The molecule has 5 rings (SSSR count). The highest BCUT2D eigenvalue weighted by Crippen LogP contribution is 2.46. The molecule has 0 saturated carbocycles. The summed E-state index contributed by atoms with van der Waals surface area (Å²) in [5.74, 6) is -0.665. The Morgan fingerprint density at radius 2 is 1.84 bits per heavy atom. The van der Waals surface area contributed by atoms with Crippen molar-refractivity contribution in [3.63, 3.8) is 0 Å². The molecule has 2 heterocycles. The molecule has 2 aromatic carbocycles. The maximum absolute atomic E-state index is 13.5. The van der Waals surface area contributed by atoms with E-state index in [2.05, 4.69) is 16.4 Å². The normalized spacial score (nSPS) is 14.8. The lowest BCUT2D eigenvalue weighted by molar-refractivity contribution is 0.0665. The third-order valence-corrected chi connectivity index (χ3v) is 7.87. The van der Waals surface area contributed by atoms with E-state index in [1.165, 1.54) is 11.3 Å². The maximum Gasteiger partial charge on any atom is 0.251 e. The first-order chi connectivity index (χ1) is 17.9. The summed E-state index contributed by atoms with van der Waals surface area (Å²) in [7, 11) is 3.95. The molecule has 0 fully saturated rings. The Kier molecular flexibility index (Phi) is 7.19. The summed E-state index contributed by atoms with van der Waals surface area (Å²) in [6.45, 7) is 0.606. The van der Waals surface area contributed by atoms with Crippen LogP contribution in [-0.4, -0.2) is 41.2 Å². The Balaban J connectivity index is 1.77. The zero-order valence-electron chi connectivity index (χ0n) is 20.7. The number of thiophene rings is 1. The molecule has 0 radical (unpaired) electrons. The average molecular weight is 527 g/mol. The highest BCUT2D eigenvalue weighted by Gasteiger charge is 2.44. The minimum atomic E-state index is -1.46. The molecule has 2 atom stereocenters. The Labute approximate surface area is 225 Å². The second-order valence-corrected chi connectivity index (χ2v) is 11.1. The van der Waals surface area contributed by atoms with Crippen LogP contribution in [0.5, 0.6) is 0 Å². The molecule has 0 amide bonds. The largest absolute Gasteiger partial charge is 0.383 e. The fourth-order valence-corrected chi connectivity index (χ4v) is 5.84. The molecule has 4 nitrogen and oxygen atoms in total. The zero-order valence-corrected chi connectivity index (χ0v) is 22.2. The minimum Gasteiger partial charge on any atom is -0.383 e. The van der Waals surface area contributed by atoms with Gasteiger partial charge in [0.15, 0.2) is 0 Å². The Hall–Kier alpha value is -3.40. The van der Waals surface area contributed by atoms with Crippen molar-refractivity contribution >= 4 is 34.6 Å². The van der Waals surface area contributed by atoms with Crippen molar-refractivity contribution in [3.8, 4) is 11.1 Å². The molecule has 6 heteroatoms. The van der Waals surface area contributed by atoms with E-state index in [0.29, 0.717) is 28.4 Å². The fraction of sp³-hybridized carbons (Fsp3) is 0.194. The number of rotatable bonds is 8. The first kappa shape index (κ1) is 25.3. The van der Waals surface area contributed by atoms with Gasteiger partial charge < -0.3 is 15.0 Å². The quantitative estimate of drug-likeness (QED) is 0.260. The molecule has 0 aliphatic heterocycles. The predicted octanol–water partition coefficient (Wildman–Crippen LogP) is 6.44. The lowest BCUT2D eigenvalue weighted by Gasteiger charge is -2.39. The summed E-state index contributed by atoms with van der Waals surface area (Å²) in [5.41, 5.74) is 10.2. The van der Waals surface area contributed by atoms with Crippen molar-refractivity contribution in [2.45, 2.75) is 17.9 Å². The van der Waals surface area contributed by atoms with Crippen LogP contribution in [-0.2, 0) is 0 Å². The molecule has 2 unspecified atom stereocenters. The van der Waals surface area contributed by atoms with Crippen LogP contribution in [0.4, 0.5) is 0 Å². The summed E-state index contributed by atoms with van der Waals surface area (Å²) in [5, 5.41) is 14.8. The van der Waals surface area contributed by atoms with E-state index in [1.54, 1.807) is 6.20 Å². The molecule has 1 aliphatic rings. The number of benzene rings is 2. The monoisotopic (exact) mass is 526 g/mol. The zero-order chi connectivity index (χ0) is 26.0. The molecule has 0 spiro atoms. The number of H-pyrrole nitrogens is 1. The third-order valence-electron chi connectivity index (χ3n) is 6.78. The summed E-state index contributed by atoms with van der Waals surface area (Å²) in [4.78, 5) is 18.4. The summed E-state index contributed by atoms with van der Waals surface area (Å²) in [6, 6.07) is 21.4. The number of hydrogen-bond donors (Lipinski definition) is 2. The van der Waals surface area contributed by atoms with E-state index in [-0.39, 0.29) is 5.56 Å². The SMILES string of the molecule is CN(C)CCC(O)(C1=C=C=Cc2ccccc21)C(c1ccccc1)c1cc(-c2csc(Cl)c2)c[nH]c1=O. The summed E-state index contributed by atoms with van der Waals surface area (Å²) < 4.78 is 0.672. The number of aliphatic hydroxyl groups is 1. The van der Waals surface area contributed by atoms with E-state index in [1.807, 2.05) is 97.2 Å². The summed E-state index contributed by atoms with van der Waals surface area (Å²) >= 11 is 7.65. The van der Waals surface area contributed by atoms with Gasteiger partial charge in [-0.05, 0) is 66.5 Å². The smallest absolute Gasteiger partial charge is 0.251 e. The van der Waals surface area contributed by atoms with Gasteiger partial charge in [0.1, 0.15) is 5.60 Å². The lowest BCUT2D eigenvalue weighted by atomic mass is 9.69. The molecule has 186 valence electrons. The number of pyridine rings is 1. The number of fused-ring (bicyclic) bond motifs is 1. The Bertz CT molecular complexity index is 1590. The van der Waals surface area contributed by atoms with Crippen molar-refractivity contribution in [2.75, 3.05) is 20.6 Å². The van der Waals surface area contributed by atoms with Crippen LogP contribution in [0.1, 0.15) is 34.6 Å². The molecule has 1 aliphatic carbocycles. The van der Waals surface area contributed by atoms with Gasteiger partial charge in [-0.1, -0.05) is 77.7 Å². The standard InChI is InChI=1S/C31H27ClN2O2S/c1-34(2)16-15-31(36,27-14-8-12-21-9-6-7-13-25(21)27)29(22-10-4-3-5-11-22)26-17-23(19-33-30(26)35)24-18-28(32)37-20-24/h3-7,9-13,17-20,29,36H,15-16H2,1-2H3,(H,33,35). The van der Waals surface area contributed by atoms with Crippen LogP contribution in [0.3, 0.4) is 0 Å². The fourth-order valence-electron chi connectivity index (χ4n) is 4.95. The van der Waals surface area contributed by atoms with Gasteiger partial charge in [0, 0.05) is 35.2 Å². The number of halogens is 1. The van der Waals surface area contributed by atoms with Gasteiger partial charge >= 0.3 is 0 Å². The van der Waals surface area contributed by atoms with Crippen molar-refractivity contribution in [1.82, 2.24) is 9.88 Å². The number of aromatic amines is 1. The van der Waals surface area contributed by atoms with Crippen LogP contribution in [0, 0.1) is 0 Å². The number of hydrogen-bond acceptors (Lipinski definition) is 4. The topological polar surface area (TPSA) is 56.3 Å². The third kappa shape index (κ3) is 5.07. The molecule has 2 aromatic heterocycles. The second-order valence-electron chi connectivity index (χ2n) is 9.51. The van der Waals surface area contributed by atoms with Gasteiger partial charge in [-0.3, -0.25) is 4.79 Å². The predicted molar refractivity (Wildman–Crippen MR) is 153 cm³/mol. The molecule has 4 aromatic rings. The van der Waals surface area contributed by atoms with Gasteiger partial charge in [0.25, 0.3) is 5.56 Å². The van der Waals surface area contributed by atoms with E-state index in [9.17, 15) is 9.90 Å². The highest BCUT2D eigenvalue weighted by molar-refractivity contribution is 7.14. The van der Waals surface area contributed by atoms with E-state index >= 15 is 0 Å². The van der Waals surface area contributed by atoms with Crippen molar-refractivity contribution in [3.05, 3.63) is 127 Å². The van der Waals surface area contributed by atoms with Gasteiger partial charge in [-0.15, -0.1) is 11.3 Å².